The van der Waals surface area contributed by atoms with Crippen LogP contribution in [0.4, 0.5) is 11.4 Å². The predicted octanol–water partition coefficient (Wildman–Crippen LogP) is 3.76. The number of nitrogens with one attached hydrogen (secondary N) is 2. The van der Waals surface area contributed by atoms with Gasteiger partial charge in [-0.3, -0.25) is 9.59 Å². The summed E-state index contributed by atoms with van der Waals surface area (Å²) in [5.74, 6) is -1.76. The van der Waals surface area contributed by atoms with E-state index in [1.54, 1.807) is 42.5 Å². The van der Waals surface area contributed by atoms with Gasteiger partial charge in [-0.15, -0.1) is 0 Å². The molecule has 0 fully saturated rings. The molecule has 0 atom stereocenters. The number of methoxy groups -OCH3 is 2. The standard InChI is InChI=1S/C24H20N2O6/c1-31-23(29)15-6-10-19(11-7-15)25-21(27)17-4-3-5-18(14-17)22(28)26-20-12-8-16(9-13-20)24(30)32-2/h3-14H,1-2H3,(H,25,27)(H,26,28). The molecule has 0 aromatic heterocycles. The second-order valence-corrected chi connectivity index (χ2v) is 6.63. The number of carbonyl (C=O) groups excluding carboxylic acids is 4. The Morgan fingerprint density at radius 2 is 0.938 bits per heavy atom. The summed E-state index contributed by atoms with van der Waals surface area (Å²) in [6, 6.07) is 18.7. The Bertz CT molecular complexity index is 1070. The summed E-state index contributed by atoms with van der Waals surface area (Å²) >= 11 is 0. The number of ether oxygens (including phenoxy) is 2. The molecule has 32 heavy (non-hydrogen) atoms. The highest BCUT2D eigenvalue weighted by Gasteiger charge is 2.13. The zero-order valence-electron chi connectivity index (χ0n) is 17.4. The first kappa shape index (κ1) is 22.2. The maximum absolute atomic E-state index is 12.6. The van der Waals surface area contributed by atoms with Gasteiger partial charge in [0.1, 0.15) is 0 Å². The van der Waals surface area contributed by atoms with Crippen molar-refractivity contribution < 1.29 is 28.7 Å². The zero-order chi connectivity index (χ0) is 23.1. The van der Waals surface area contributed by atoms with Crippen LogP contribution in [0.5, 0.6) is 0 Å². The van der Waals surface area contributed by atoms with Crippen molar-refractivity contribution in [2.75, 3.05) is 24.9 Å². The summed E-state index contributed by atoms with van der Waals surface area (Å²) in [6.07, 6.45) is 0. The van der Waals surface area contributed by atoms with E-state index in [1.165, 1.54) is 44.6 Å². The molecule has 0 spiro atoms. The molecular formula is C24H20N2O6. The molecule has 0 saturated heterocycles. The van der Waals surface area contributed by atoms with Crippen LogP contribution in [0, 0.1) is 0 Å². The average Bonchev–Trinajstić information content (AvgIpc) is 2.84. The molecule has 0 saturated carbocycles. The maximum atomic E-state index is 12.6. The SMILES string of the molecule is COC(=O)c1ccc(NC(=O)c2cccc(C(=O)Nc3ccc(C(=O)OC)cc3)c2)cc1. The molecule has 2 amide bonds. The van der Waals surface area contributed by atoms with E-state index in [0.717, 1.165) is 0 Å². The van der Waals surface area contributed by atoms with E-state index in [2.05, 4.69) is 20.1 Å². The van der Waals surface area contributed by atoms with Crippen molar-refractivity contribution in [3.8, 4) is 0 Å². The number of hydrogen-bond donors (Lipinski definition) is 2. The lowest BCUT2D eigenvalue weighted by molar-refractivity contribution is 0.0592. The molecule has 3 aromatic rings. The molecule has 0 radical (unpaired) electrons. The Hall–Kier alpha value is -4.46. The molecule has 0 aliphatic carbocycles. The van der Waals surface area contributed by atoms with Crippen LogP contribution in [0.1, 0.15) is 41.4 Å². The van der Waals surface area contributed by atoms with E-state index in [9.17, 15) is 19.2 Å². The van der Waals surface area contributed by atoms with Gasteiger partial charge in [0.15, 0.2) is 0 Å². The quantitative estimate of drug-likeness (QED) is 0.574. The molecule has 8 heteroatoms. The summed E-state index contributed by atoms with van der Waals surface area (Å²) in [4.78, 5) is 48.1. The average molecular weight is 432 g/mol. The third-order valence-corrected chi connectivity index (χ3v) is 4.51. The lowest BCUT2D eigenvalue weighted by Crippen LogP contribution is -2.15. The molecule has 0 unspecified atom stereocenters. The Kier molecular flexibility index (Phi) is 6.97. The van der Waals surface area contributed by atoms with Crippen molar-refractivity contribution in [1.82, 2.24) is 0 Å². The van der Waals surface area contributed by atoms with E-state index in [1.807, 2.05) is 0 Å². The lowest BCUT2D eigenvalue weighted by atomic mass is 10.1. The van der Waals surface area contributed by atoms with Crippen molar-refractivity contribution in [3.63, 3.8) is 0 Å². The molecule has 0 bridgehead atoms. The van der Waals surface area contributed by atoms with Crippen molar-refractivity contribution in [3.05, 3.63) is 95.1 Å². The summed E-state index contributed by atoms with van der Waals surface area (Å²) in [5.41, 5.74) is 2.28. The minimum Gasteiger partial charge on any atom is -0.465 e. The minimum absolute atomic E-state index is 0.288. The second kappa shape index (κ2) is 10.0. The fourth-order valence-corrected chi connectivity index (χ4v) is 2.82. The summed E-state index contributed by atoms with van der Waals surface area (Å²) in [7, 11) is 2.58. The number of amides is 2. The highest BCUT2D eigenvalue weighted by atomic mass is 16.5. The van der Waals surface area contributed by atoms with Gasteiger partial charge in [-0.1, -0.05) is 6.07 Å². The van der Waals surface area contributed by atoms with Gasteiger partial charge in [0.2, 0.25) is 0 Å². The number of esters is 2. The van der Waals surface area contributed by atoms with Crippen molar-refractivity contribution >= 4 is 35.1 Å². The second-order valence-electron chi connectivity index (χ2n) is 6.63. The van der Waals surface area contributed by atoms with Gasteiger partial charge in [0, 0.05) is 22.5 Å². The number of carbonyl (C=O) groups is 4. The van der Waals surface area contributed by atoms with Crippen molar-refractivity contribution in [2.45, 2.75) is 0 Å². The molecular weight excluding hydrogens is 412 g/mol. The van der Waals surface area contributed by atoms with Gasteiger partial charge >= 0.3 is 11.9 Å². The Morgan fingerprint density at radius 1 is 0.562 bits per heavy atom. The maximum Gasteiger partial charge on any atom is 0.337 e. The summed E-state index contributed by atoms with van der Waals surface area (Å²) in [5, 5.41) is 5.43. The highest BCUT2D eigenvalue weighted by Crippen LogP contribution is 2.15. The summed E-state index contributed by atoms with van der Waals surface area (Å²) in [6.45, 7) is 0. The van der Waals surface area contributed by atoms with E-state index in [4.69, 9.17) is 0 Å². The Labute approximate surface area is 184 Å². The predicted molar refractivity (Wildman–Crippen MR) is 118 cm³/mol. The molecule has 0 heterocycles. The largest absolute Gasteiger partial charge is 0.465 e. The first-order valence-electron chi connectivity index (χ1n) is 9.51. The smallest absolute Gasteiger partial charge is 0.337 e. The van der Waals surface area contributed by atoms with Crippen molar-refractivity contribution in [1.29, 1.82) is 0 Å². The third-order valence-electron chi connectivity index (χ3n) is 4.51. The topological polar surface area (TPSA) is 111 Å². The van der Waals surface area contributed by atoms with E-state index in [-0.39, 0.29) is 11.1 Å². The third kappa shape index (κ3) is 5.37. The van der Waals surface area contributed by atoms with Crippen LogP contribution in [-0.4, -0.2) is 38.0 Å². The first-order chi connectivity index (χ1) is 15.4. The molecule has 3 rings (SSSR count). The van der Waals surface area contributed by atoms with Crippen molar-refractivity contribution in [2.24, 2.45) is 0 Å². The van der Waals surface area contributed by atoms with Gasteiger partial charge in [-0.25, -0.2) is 9.59 Å². The molecule has 0 aliphatic rings. The van der Waals surface area contributed by atoms with Crippen LogP contribution < -0.4 is 10.6 Å². The Balaban J connectivity index is 1.67. The van der Waals surface area contributed by atoms with E-state index < -0.39 is 23.8 Å². The molecule has 8 nitrogen and oxygen atoms in total. The van der Waals surface area contributed by atoms with Gasteiger partial charge in [-0.05, 0) is 66.7 Å². The van der Waals surface area contributed by atoms with Gasteiger partial charge in [0.25, 0.3) is 11.8 Å². The first-order valence-corrected chi connectivity index (χ1v) is 9.51. The number of benzene rings is 3. The molecule has 162 valence electrons. The van der Waals surface area contributed by atoms with Crippen LogP contribution in [0.3, 0.4) is 0 Å². The van der Waals surface area contributed by atoms with E-state index >= 15 is 0 Å². The highest BCUT2D eigenvalue weighted by molar-refractivity contribution is 6.09. The Morgan fingerprint density at radius 3 is 1.28 bits per heavy atom. The van der Waals surface area contributed by atoms with Crippen LogP contribution >= 0.6 is 0 Å². The van der Waals surface area contributed by atoms with Crippen LogP contribution in [0.2, 0.25) is 0 Å². The monoisotopic (exact) mass is 432 g/mol. The van der Waals surface area contributed by atoms with Gasteiger partial charge < -0.3 is 20.1 Å². The number of rotatable bonds is 6. The number of anilines is 2. The van der Waals surface area contributed by atoms with Crippen LogP contribution in [0.25, 0.3) is 0 Å². The molecule has 3 aromatic carbocycles. The normalized spacial score (nSPS) is 10.1. The molecule has 2 N–H and O–H groups in total. The van der Waals surface area contributed by atoms with Gasteiger partial charge in [-0.2, -0.15) is 0 Å². The van der Waals surface area contributed by atoms with Crippen LogP contribution in [-0.2, 0) is 9.47 Å². The zero-order valence-corrected chi connectivity index (χ0v) is 17.4. The fourth-order valence-electron chi connectivity index (χ4n) is 2.82. The van der Waals surface area contributed by atoms with Gasteiger partial charge in [0.05, 0.1) is 25.3 Å². The van der Waals surface area contributed by atoms with Crippen LogP contribution in [0.15, 0.2) is 72.8 Å². The fraction of sp³-hybridized carbons (Fsp3) is 0.0833. The lowest BCUT2D eigenvalue weighted by Gasteiger charge is -2.09. The number of hydrogen-bond acceptors (Lipinski definition) is 6. The van der Waals surface area contributed by atoms with E-state index in [0.29, 0.717) is 22.5 Å². The molecule has 0 aliphatic heterocycles. The minimum atomic E-state index is -0.471. The summed E-state index contributed by atoms with van der Waals surface area (Å²) < 4.78 is 9.28.